The highest BCUT2D eigenvalue weighted by Gasteiger charge is 2.29. The smallest absolute Gasteiger partial charge is 0.318 e. The summed E-state index contributed by atoms with van der Waals surface area (Å²) in [6.07, 6.45) is 4.33. The molecule has 7 nitrogen and oxygen atoms in total. The molecule has 2 unspecified atom stereocenters. The number of nitrogens with zero attached hydrogens (tertiary/aromatic N) is 4. The van der Waals surface area contributed by atoms with Crippen LogP contribution in [-0.2, 0) is 17.7 Å². The van der Waals surface area contributed by atoms with Crippen LogP contribution in [0.1, 0.15) is 30.3 Å². The molecule has 2 atom stereocenters. The molecule has 1 N–H and O–H groups in total. The van der Waals surface area contributed by atoms with Crippen LogP contribution < -0.4 is 5.32 Å². The standard InChI is InChI=1S/C18H23N5O2/c24-18(21-16-7-4-8-23-17(16)19-13-20-23)22-9-10-25-15(12-22)11-14-5-2-1-3-6-14/h1-3,5-6,13,15-16H,4,7-12H2,(H,21,24). The lowest BCUT2D eigenvalue weighted by atomic mass is 10.1. The van der Waals surface area contributed by atoms with Crippen LogP contribution in [-0.4, -0.2) is 51.5 Å². The number of fused-ring (bicyclic) bond motifs is 1. The average Bonchev–Trinajstić information content (AvgIpc) is 3.13. The molecule has 2 aliphatic rings. The van der Waals surface area contributed by atoms with Crippen molar-refractivity contribution >= 4 is 6.03 Å². The van der Waals surface area contributed by atoms with Crippen LogP contribution in [0.15, 0.2) is 36.7 Å². The number of hydrogen-bond donors (Lipinski definition) is 1. The van der Waals surface area contributed by atoms with Gasteiger partial charge < -0.3 is 15.0 Å². The first-order valence-electron chi connectivity index (χ1n) is 8.88. The van der Waals surface area contributed by atoms with Crippen LogP contribution in [0.3, 0.4) is 0 Å². The highest BCUT2D eigenvalue weighted by Crippen LogP contribution is 2.22. The van der Waals surface area contributed by atoms with Crippen molar-refractivity contribution in [2.45, 2.75) is 38.0 Å². The summed E-state index contributed by atoms with van der Waals surface area (Å²) in [5.74, 6) is 0.855. The first kappa shape index (κ1) is 16.1. The molecule has 7 heteroatoms. The molecule has 2 aromatic rings. The number of aromatic nitrogens is 3. The summed E-state index contributed by atoms with van der Waals surface area (Å²) >= 11 is 0. The van der Waals surface area contributed by atoms with E-state index in [1.165, 1.54) is 5.56 Å². The topological polar surface area (TPSA) is 72.3 Å². The van der Waals surface area contributed by atoms with Gasteiger partial charge in [0, 0.05) is 26.1 Å². The van der Waals surface area contributed by atoms with Crippen LogP contribution in [0, 0.1) is 0 Å². The second-order valence-electron chi connectivity index (χ2n) is 6.61. The van der Waals surface area contributed by atoms with E-state index in [4.69, 9.17) is 4.74 Å². The minimum atomic E-state index is -0.0563. The van der Waals surface area contributed by atoms with Crippen molar-refractivity contribution in [3.05, 3.63) is 48.0 Å². The summed E-state index contributed by atoms with van der Waals surface area (Å²) < 4.78 is 7.73. The van der Waals surface area contributed by atoms with Crippen molar-refractivity contribution < 1.29 is 9.53 Å². The maximum absolute atomic E-state index is 12.7. The zero-order valence-corrected chi connectivity index (χ0v) is 14.2. The third-order valence-electron chi connectivity index (χ3n) is 4.85. The largest absolute Gasteiger partial charge is 0.374 e. The Hall–Kier alpha value is -2.41. The number of morpholine rings is 1. The molecule has 0 aliphatic carbocycles. The van der Waals surface area contributed by atoms with Gasteiger partial charge in [-0.3, -0.25) is 0 Å². The number of hydrogen-bond acceptors (Lipinski definition) is 4. The molecular formula is C18H23N5O2. The van der Waals surface area contributed by atoms with E-state index in [9.17, 15) is 4.79 Å². The molecule has 0 radical (unpaired) electrons. The summed E-state index contributed by atoms with van der Waals surface area (Å²) in [5, 5.41) is 7.33. The van der Waals surface area contributed by atoms with Crippen molar-refractivity contribution in [1.29, 1.82) is 0 Å². The summed E-state index contributed by atoms with van der Waals surface area (Å²) in [5.41, 5.74) is 1.23. The van der Waals surface area contributed by atoms with Crippen LogP contribution in [0.5, 0.6) is 0 Å². The van der Waals surface area contributed by atoms with Crippen LogP contribution >= 0.6 is 0 Å². The Morgan fingerprint density at radius 1 is 1.28 bits per heavy atom. The molecule has 1 fully saturated rings. The quantitative estimate of drug-likeness (QED) is 0.923. The molecule has 3 heterocycles. The third kappa shape index (κ3) is 3.66. The molecular weight excluding hydrogens is 318 g/mol. The number of carbonyl (C=O) groups excluding carboxylic acids is 1. The first-order valence-corrected chi connectivity index (χ1v) is 8.88. The minimum Gasteiger partial charge on any atom is -0.374 e. The van der Waals surface area contributed by atoms with E-state index in [0.717, 1.165) is 31.6 Å². The summed E-state index contributed by atoms with van der Waals surface area (Å²) in [4.78, 5) is 18.9. The van der Waals surface area contributed by atoms with Gasteiger partial charge in [0.15, 0.2) is 0 Å². The fraction of sp³-hybridized carbons (Fsp3) is 0.500. The average molecular weight is 341 g/mol. The first-order chi connectivity index (χ1) is 12.3. The molecule has 2 amide bonds. The van der Waals surface area contributed by atoms with E-state index in [1.54, 1.807) is 6.33 Å². The number of rotatable bonds is 3. The number of nitrogens with one attached hydrogen (secondary N) is 1. The van der Waals surface area contributed by atoms with Gasteiger partial charge in [0.05, 0.1) is 18.8 Å². The monoisotopic (exact) mass is 341 g/mol. The van der Waals surface area contributed by atoms with Crippen molar-refractivity contribution in [1.82, 2.24) is 25.0 Å². The van der Waals surface area contributed by atoms with Crippen molar-refractivity contribution in [3.8, 4) is 0 Å². The Balaban J connectivity index is 1.36. The zero-order chi connectivity index (χ0) is 17.1. The van der Waals surface area contributed by atoms with Gasteiger partial charge in [0.25, 0.3) is 0 Å². The van der Waals surface area contributed by atoms with E-state index >= 15 is 0 Å². The Bertz CT molecular complexity index is 717. The van der Waals surface area contributed by atoms with Gasteiger partial charge in [-0.15, -0.1) is 0 Å². The molecule has 4 rings (SSSR count). The van der Waals surface area contributed by atoms with Gasteiger partial charge in [-0.25, -0.2) is 14.5 Å². The van der Waals surface area contributed by atoms with Crippen molar-refractivity contribution in [2.24, 2.45) is 0 Å². The van der Waals surface area contributed by atoms with Gasteiger partial charge in [0.2, 0.25) is 0 Å². The number of carbonyl (C=O) groups is 1. The third-order valence-corrected chi connectivity index (χ3v) is 4.85. The Morgan fingerprint density at radius 2 is 2.16 bits per heavy atom. The summed E-state index contributed by atoms with van der Waals surface area (Å²) in [6.45, 7) is 2.68. The Morgan fingerprint density at radius 3 is 3.04 bits per heavy atom. The normalized spacial score (nSPS) is 23.1. The number of urea groups is 1. The molecule has 1 aromatic heterocycles. The van der Waals surface area contributed by atoms with Crippen LogP contribution in [0.25, 0.3) is 0 Å². The SMILES string of the molecule is O=C(NC1CCCn2ncnc21)N1CCOC(Cc2ccccc2)C1. The van der Waals surface area contributed by atoms with Crippen molar-refractivity contribution in [2.75, 3.05) is 19.7 Å². The lowest BCUT2D eigenvalue weighted by Crippen LogP contribution is -2.51. The maximum atomic E-state index is 12.7. The fourth-order valence-electron chi connectivity index (χ4n) is 3.57. The highest BCUT2D eigenvalue weighted by atomic mass is 16.5. The maximum Gasteiger partial charge on any atom is 0.318 e. The van der Waals surface area contributed by atoms with Gasteiger partial charge in [-0.1, -0.05) is 30.3 Å². The summed E-state index contributed by atoms with van der Waals surface area (Å²) in [6, 6.07) is 10.2. The molecule has 132 valence electrons. The lowest BCUT2D eigenvalue weighted by Gasteiger charge is -2.34. The molecule has 0 spiro atoms. The molecule has 25 heavy (non-hydrogen) atoms. The number of ether oxygens (including phenoxy) is 1. The van der Waals surface area contributed by atoms with Gasteiger partial charge in [-0.05, 0) is 18.4 Å². The van der Waals surface area contributed by atoms with Crippen LogP contribution in [0.4, 0.5) is 4.79 Å². The molecule has 0 saturated carbocycles. The van der Waals surface area contributed by atoms with Gasteiger partial charge in [-0.2, -0.15) is 5.10 Å². The fourth-order valence-corrected chi connectivity index (χ4v) is 3.57. The predicted molar refractivity (Wildman–Crippen MR) is 92.0 cm³/mol. The van der Waals surface area contributed by atoms with E-state index in [0.29, 0.717) is 19.7 Å². The predicted octanol–water partition coefficient (Wildman–Crippen LogP) is 1.77. The molecule has 1 aromatic carbocycles. The lowest BCUT2D eigenvalue weighted by molar-refractivity contribution is -0.0138. The van der Waals surface area contributed by atoms with E-state index in [2.05, 4.69) is 27.5 Å². The van der Waals surface area contributed by atoms with Gasteiger partial charge in [0.1, 0.15) is 12.2 Å². The second-order valence-corrected chi connectivity index (χ2v) is 6.61. The van der Waals surface area contributed by atoms with E-state index in [1.807, 2.05) is 27.8 Å². The number of amides is 2. The Labute approximate surface area is 147 Å². The van der Waals surface area contributed by atoms with E-state index < -0.39 is 0 Å². The number of benzene rings is 1. The van der Waals surface area contributed by atoms with E-state index in [-0.39, 0.29) is 18.2 Å². The highest BCUT2D eigenvalue weighted by molar-refractivity contribution is 5.74. The zero-order valence-electron chi connectivity index (χ0n) is 14.2. The number of aryl methyl sites for hydroxylation is 1. The van der Waals surface area contributed by atoms with Crippen LogP contribution in [0.2, 0.25) is 0 Å². The van der Waals surface area contributed by atoms with Gasteiger partial charge >= 0.3 is 6.03 Å². The molecule has 2 aliphatic heterocycles. The second kappa shape index (κ2) is 7.23. The summed E-state index contributed by atoms with van der Waals surface area (Å²) in [7, 11) is 0. The molecule has 0 bridgehead atoms. The van der Waals surface area contributed by atoms with Crippen molar-refractivity contribution in [3.63, 3.8) is 0 Å². The minimum absolute atomic E-state index is 0.0388. The molecule has 1 saturated heterocycles. The Kier molecular flexibility index (Phi) is 4.65.